The van der Waals surface area contributed by atoms with Crippen molar-refractivity contribution in [2.75, 3.05) is 19.6 Å². The topological polar surface area (TPSA) is 96.0 Å². The first-order valence-electron chi connectivity index (χ1n) is 11.1. The molecule has 156 valence electrons. The number of hydrogen-bond donors (Lipinski definition) is 2. The third-order valence-electron chi connectivity index (χ3n) is 8.38. The van der Waals surface area contributed by atoms with Crippen molar-refractivity contribution in [2.24, 2.45) is 28.0 Å². The van der Waals surface area contributed by atoms with Crippen LogP contribution in [-0.2, 0) is 21.4 Å². The molecule has 1 aromatic carbocycles. The lowest BCUT2D eigenvalue weighted by atomic mass is 9.50. The number of carbonyl (C=O) groups excluding carboxylic acids is 2. The smallest absolute Gasteiger partial charge is 0.282 e. The highest BCUT2D eigenvalue weighted by Crippen LogP contribution is 2.64. The van der Waals surface area contributed by atoms with E-state index in [0.717, 1.165) is 50.4 Å². The van der Waals surface area contributed by atoms with Crippen LogP contribution >= 0.6 is 0 Å². The minimum absolute atomic E-state index is 0.0119. The van der Waals surface area contributed by atoms with Crippen molar-refractivity contribution >= 4 is 17.5 Å². The second kappa shape index (κ2) is 6.03. The van der Waals surface area contributed by atoms with Crippen LogP contribution in [0.25, 0.3) is 0 Å². The lowest BCUT2D eigenvalue weighted by molar-refractivity contribution is -0.120. The maximum atomic E-state index is 12.4. The van der Waals surface area contributed by atoms with Crippen LogP contribution in [0.5, 0.6) is 5.75 Å². The van der Waals surface area contributed by atoms with Crippen LogP contribution in [0.2, 0.25) is 0 Å². The number of likely N-dealkylation sites (tertiary alicyclic amines) is 1. The Balaban J connectivity index is 1.45. The van der Waals surface area contributed by atoms with E-state index in [-0.39, 0.29) is 22.3 Å². The molecule has 6 nitrogen and oxygen atoms in total. The molecule has 2 aliphatic heterocycles. The molecule has 3 aliphatic carbocycles. The summed E-state index contributed by atoms with van der Waals surface area (Å²) in [7, 11) is 0. The number of dihydropyridines is 1. The quantitative estimate of drug-likeness (QED) is 0.753. The Morgan fingerprint density at radius 3 is 2.90 bits per heavy atom. The van der Waals surface area contributed by atoms with Crippen molar-refractivity contribution in [3.63, 3.8) is 0 Å². The number of nitrogens with two attached hydrogens (primary N) is 1. The number of fused-ring (bicyclic) bond motifs is 2. The molecule has 30 heavy (non-hydrogen) atoms. The predicted octanol–water partition coefficient (Wildman–Crippen LogP) is 2.09. The lowest BCUT2D eigenvalue weighted by Gasteiger charge is -2.58. The molecule has 6 heteroatoms. The zero-order chi connectivity index (χ0) is 20.7. The maximum absolute atomic E-state index is 12.4. The van der Waals surface area contributed by atoms with Crippen LogP contribution in [0, 0.1) is 17.3 Å². The van der Waals surface area contributed by atoms with Gasteiger partial charge in [0.15, 0.2) is 0 Å². The molecule has 1 unspecified atom stereocenters. The zero-order valence-electron chi connectivity index (χ0n) is 17.1. The highest BCUT2D eigenvalue weighted by Gasteiger charge is 2.63. The largest absolute Gasteiger partial charge is 0.508 e. The van der Waals surface area contributed by atoms with Crippen LogP contribution in [0.4, 0.5) is 0 Å². The van der Waals surface area contributed by atoms with E-state index in [9.17, 15) is 14.7 Å². The molecular weight excluding hydrogens is 378 g/mol. The third-order valence-corrected chi connectivity index (χ3v) is 8.38. The molecule has 5 aliphatic rings. The van der Waals surface area contributed by atoms with Gasteiger partial charge in [0.05, 0.1) is 0 Å². The van der Waals surface area contributed by atoms with E-state index in [4.69, 9.17) is 5.73 Å². The molecule has 0 radical (unpaired) electrons. The molecule has 0 aromatic heterocycles. The van der Waals surface area contributed by atoms with Gasteiger partial charge in [-0.25, -0.2) is 4.99 Å². The molecule has 0 bridgehead atoms. The van der Waals surface area contributed by atoms with Gasteiger partial charge < -0.3 is 15.7 Å². The van der Waals surface area contributed by atoms with Gasteiger partial charge in [0, 0.05) is 30.1 Å². The maximum Gasteiger partial charge on any atom is 0.282 e. The van der Waals surface area contributed by atoms with E-state index in [2.05, 4.69) is 16.0 Å². The minimum atomic E-state index is -0.684. The Morgan fingerprint density at radius 1 is 1.30 bits per heavy atom. The van der Waals surface area contributed by atoms with Crippen molar-refractivity contribution in [3.8, 4) is 5.75 Å². The number of hydrogen-bond acceptors (Lipinski definition) is 4. The Kier molecular flexibility index (Phi) is 3.68. The average molecular weight is 405 g/mol. The fraction of sp³-hybridized carbons (Fsp3) is 0.542. The zero-order valence-corrected chi connectivity index (χ0v) is 17.1. The normalized spacial score (nSPS) is 34.9. The van der Waals surface area contributed by atoms with Crippen molar-refractivity contribution in [3.05, 3.63) is 41.0 Å². The van der Waals surface area contributed by atoms with E-state index in [0.29, 0.717) is 5.75 Å². The summed E-state index contributed by atoms with van der Waals surface area (Å²) >= 11 is 0. The Bertz CT molecular complexity index is 1040. The van der Waals surface area contributed by atoms with Crippen LogP contribution in [0.3, 0.4) is 0 Å². The van der Waals surface area contributed by atoms with Gasteiger partial charge in [0.25, 0.3) is 11.8 Å². The second-order valence-corrected chi connectivity index (χ2v) is 10.1. The van der Waals surface area contributed by atoms with Gasteiger partial charge in [-0.15, -0.1) is 0 Å². The van der Waals surface area contributed by atoms with Crippen molar-refractivity contribution in [1.29, 1.82) is 0 Å². The highest BCUT2D eigenvalue weighted by atomic mass is 16.3. The number of rotatable bonds is 3. The van der Waals surface area contributed by atoms with E-state index in [1.807, 2.05) is 6.07 Å². The molecule has 2 saturated carbocycles. The molecule has 2 amide bonds. The van der Waals surface area contributed by atoms with Crippen LogP contribution in [-0.4, -0.2) is 47.2 Å². The highest BCUT2D eigenvalue weighted by molar-refractivity contribution is 6.23. The number of carbonyl (C=O) groups is 2. The first-order valence-corrected chi connectivity index (χ1v) is 11.1. The Hall–Kier alpha value is -2.47. The van der Waals surface area contributed by atoms with Gasteiger partial charge >= 0.3 is 0 Å². The van der Waals surface area contributed by atoms with Crippen molar-refractivity contribution in [1.82, 2.24) is 4.90 Å². The summed E-state index contributed by atoms with van der Waals surface area (Å²) in [5.74, 6) is -0.0500. The summed E-state index contributed by atoms with van der Waals surface area (Å²) < 4.78 is 0. The summed E-state index contributed by atoms with van der Waals surface area (Å²) in [5, 5.41) is 10.3. The van der Waals surface area contributed by atoms with E-state index >= 15 is 0 Å². The molecule has 3 atom stereocenters. The van der Waals surface area contributed by atoms with Gasteiger partial charge in [-0.2, -0.15) is 0 Å². The molecule has 3 N–H and O–H groups in total. The molecule has 6 rings (SSSR count). The van der Waals surface area contributed by atoms with Crippen LogP contribution in [0.15, 0.2) is 34.8 Å². The SMILES string of the molecule is NC(=O)C1=CC2C[C@@]34Cc5ccc(O)cc5[C@@]3(CCN(CC3CC3)C4)CC2=NC1=O. The van der Waals surface area contributed by atoms with Gasteiger partial charge in [-0.3, -0.25) is 9.59 Å². The lowest BCUT2D eigenvalue weighted by Crippen LogP contribution is -2.61. The number of aromatic hydroxyl groups is 1. The summed E-state index contributed by atoms with van der Waals surface area (Å²) in [6, 6.07) is 5.81. The second-order valence-electron chi connectivity index (χ2n) is 10.1. The number of phenols is 1. The van der Waals surface area contributed by atoms with Gasteiger partial charge in [0.1, 0.15) is 11.3 Å². The Labute approximate surface area is 175 Å². The number of allylic oxidation sites excluding steroid dienone is 1. The summed E-state index contributed by atoms with van der Waals surface area (Å²) in [4.78, 5) is 31.2. The first-order chi connectivity index (χ1) is 14.4. The summed E-state index contributed by atoms with van der Waals surface area (Å²) in [6.45, 7) is 3.24. The monoisotopic (exact) mass is 405 g/mol. The van der Waals surface area contributed by atoms with E-state index in [1.165, 1.54) is 30.5 Å². The number of aliphatic imine (C=N–C) groups is 1. The van der Waals surface area contributed by atoms with E-state index in [1.54, 1.807) is 12.1 Å². The number of primary amides is 1. The fourth-order valence-electron chi connectivity index (χ4n) is 6.88. The van der Waals surface area contributed by atoms with Gasteiger partial charge in [-0.1, -0.05) is 12.1 Å². The van der Waals surface area contributed by atoms with Gasteiger partial charge in [-0.05, 0) is 79.7 Å². The number of amides is 2. The van der Waals surface area contributed by atoms with E-state index < -0.39 is 11.8 Å². The van der Waals surface area contributed by atoms with Crippen molar-refractivity contribution in [2.45, 2.75) is 43.9 Å². The molecule has 3 fully saturated rings. The Morgan fingerprint density at radius 2 is 2.13 bits per heavy atom. The first kappa shape index (κ1) is 18.3. The molecular formula is C24H27N3O3. The minimum Gasteiger partial charge on any atom is -0.508 e. The number of benzene rings is 1. The fourth-order valence-corrected chi connectivity index (χ4v) is 6.88. The summed E-state index contributed by atoms with van der Waals surface area (Å²) in [6.07, 6.45) is 8.05. The predicted molar refractivity (Wildman–Crippen MR) is 112 cm³/mol. The molecule has 2 heterocycles. The standard InChI is InChI=1S/C24H27N3O3/c25-21(29)18-7-16-10-23-9-15-3-4-17(28)8-19(15)24(23,11-20(16)26-22(18)30)5-6-27(13-23)12-14-1-2-14/h3-4,7-8,14,16,28H,1-2,5-6,9-13H2,(H2,25,29)/t16?,23-,24-/m1/s1. The van der Waals surface area contributed by atoms with Gasteiger partial charge in [0.2, 0.25) is 0 Å². The number of piperidine rings is 1. The molecule has 0 spiro atoms. The molecule has 1 aromatic rings. The number of phenolic OH excluding ortho intramolecular Hbond substituents is 1. The van der Waals surface area contributed by atoms with Crippen LogP contribution < -0.4 is 5.73 Å². The third kappa shape index (κ3) is 2.49. The number of nitrogens with zero attached hydrogens (tertiary/aromatic N) is 2. The summed E-state index contributed by atoms with van der Waals surface area (Å²) in [5.41, 5.74) is 8.85. The molecule has 1 saturated heterocycles. The van der Waals surface area contributed by atoms with Crippen molar-refractivity contribution < 1.29 is 14.7 Å². The van der Waals surface area contributed by atoms with Crippen LogP contribution in [0.1, 0.15) is 43.2 Å². The average Bonchev–Trinajstić information content (AvgIpc) is 3.46.